The van der Waals surface area contributed by atoms with Crippen molar-refractivity contribution < 1.29 is 14.0 Å². The lowest BCUT2D eigenvalue weighted by Crippen LogP contribution is -2.48. The minimum absolute atomic E-state index is 0.0234. The van der Waals surface area contributed by atoms with Crippen LogP contribution in [0.25, 0.3) is 22.3 Å². The Hall–Kier alpha value is -4.24. The van der Waals surface area contributed by atoms with E-state index in [4.69, 9.17) is 11.6 Å². The molecule has 1 aliphatic carbocycles. The molecule has 1 aliphatic rings. The molecule has 1 saturated carbocycles. The molecule has 2 aromatic carbocycles. The second kappa shape index (κ2) is 11.6. The zero-order valence-corrected chi connectivity index (χ0v) is 24.7. The van der Waals surface area contributed by atoms with E-state index in [1.807, 2.05) is 52.0 Å². The number of rotatable bonds is 9. The van der Waals surface area contributed by atoms with E-state index in [1.54, 1.807) is 35.0 Å². The molecule has 2 aromatic heterocycles. The molecule has 8 nitrogen and oxygen atoms in total. The number of alkyl halides is 1. The highest BCUT2D eigenvalue weighted by atomic mass is 35.5. The lowest BCUT2D eigenvalue weighted by atomic mass is 9.99. The molecule has 218 valence electrons. The lowest BCUT2D eigenvalue weighted by molar-refractivity contribution is -0.131. The van der Waals surface area contributed by atoms with Crippen LogP contribution in [0.2, 0.25) is 5.02 Å². The summed E-state index contributed by atoms with van der Waals surface area (Å²) in [5.41, 5.74) is 4.41. The molecule has 0 aliphatic heterocycles. The van der Waals surface area contributed by atoms with Crippen molar-refractivity contribution in [2.24, 2.45) is 0 Å². The summed E-state index contributed by atoms with van der Waals surface area (Å²) in [6.07, 6.45) is 2.07. The molecule has 2 amide bonds. The first-order chi connectivity index (χ1) is 19.9. The normalized spacial score (nSPS) is 14.5. The number of amides is 2. The van der Waals surface area contributed by atoms with E-state index in [1.165, 1.54) is 6.07 Å². The number of aryl methyl sites for hydroxylation is 2. The highest BCUT2D eigenvalue weighted by molar-refractivity contribution is 6.31. The first-order valence-corrected chi connectivity index (χ1v) is 14.3. The zero-order valence-electron chi connectivity index (χ0n) is 23.9. The number of halogens is 2. The number of aromatic nitrogens is 3. The summed E-state index contributed by atoms with van der Waals surface area (Å²) in [5, 5.41) is 13.1. The molecule has 0 saturated heterocycles. The van der Waals surface area contributed by atoms with Crippen molar-refractivity contribution in [1.29, 1.82) is 0 Å². The first-order valence-electron chi connectivity index (χ1n) is 13.9. The predicted molar refractivity (Wildman–Crippen MR) is 162 cm³/mol. The molecule has 0 radical (unpaired) electrons. The van der Waals surface area contributed by atoms with E-state index in [2.05, 4.69) is 20.8 Å². The molecule has 0 spiro atoms. The Balaban J connectivity index is 1.40. The van der Waals surface area contributed by atoms with Crippen LogP contribution >= 0.6 is 11.6 Å². The fourth-order valence-electron chi connectivity index (χ4n) is 4.97. The molecule has 42 heavy (non-hydrogen) atoms. The SMILES string of the molecule is Cc1n[nH]c(C)c1-c1ccc(NC(=O)[C@H](Cc2cc(-c3ccc(=O)n(C(C)C)c3)ccc2Cl)NC(=O)C2(F)CC2)cc1. The van der Waals surface area contributed by atoms with Crippen molar-refractivity contribution in [1.82, 2.24) is 20.1 Å². The number of carbonyl (C=O) groups is 2. The topological polar surface area (TPSA) is 109 Å². The minimum Gasteiger partial charge on any atom is -0.341 e. The molecule has 10 heteroatoms. The maximum Gasteiger partial charge on any atom is 0.258 e. The predicted octanol–water partition coefficient (Wildman–Crippen LogP) is 5.92. The molecular formula is C32H33ClFN5O3. The minimum atomic E-state index is -1.95. The van der Waals surface area contributed by atoms with E-state index in [9.17, 15) is 18.8 Å². The van der Waals surface area contributed by atoms with Crippen molar-refractivity contribution in [3.63, 3.8) is 0 Å². The Labute approximate surface area is 248 Å². The Morgan fingerprint density at radius 3 is 2.33 bits per heavy atom. The third-order valence-electron chi connectivity index (χ3n) is 7.58. The largest absolute Gasteiger partial charge is 0.341 e. The van der Waals surface area contributed by atoms with Crippen LogP contribution in [0, 0.1) is 13.8 Å². The second-order valence-electron chi connectivity index (χ2n) is 11.1. The highest BCUT2D eigenvalue weighted by Crippen LogP contribution is 2.40. The van der Waals surface area contributed by atoms with Crippen LogP contribution in [0.5, 0.6) is 0 Å². The van der Waals surface area contributed by atoms with Crippen molar-refractivity contribution in [2.75, 3.05) is 5.32 Å². The number of pyridine rings is 1. The standard InChI is InChI=1S/C32H33ClFN5O3/c1-18(2)39-17-23(8-12-28(39)40)22-7-11-26(33)24(15-22)16-27(36-31(42)32(34)13-14-32)30(41)35-25-9-5-21(6-10-25)29-19(3)37-38-20(29)4/h5-12,15,17-18,27H,13-14,16H2,1-4H3,(H,35,41)(H,36,42)(H,37,38)/t27-/m0/s1. The summed E-state index contributed by atoms with van der Waals surface area (Å²) < 4.78 is 16.3. The first kappa shape index (κ1) is 29.3. The van der Waals surface area contributed by atoms with Gasteiger partial charge < -0.3 is 15.2 Å². The van der Waals surface area contributed by atoms with Crippen molar-refractivity contribution in [2.45, 2.75) is 64.7 Å². The van der Waals surface area contributed by atoms with Gasteiger partial charge in [-0.1, -0.05) is 29.8 Å². The van der Waals surface area contributed by atoms with Crippen LogP contribution in [0.1, 0.15) is 49.7 Å². The quantitative estimate of drug-likeness (QED) is 0.225. The summed E-state index contributed by atoms with van der Waals surface area (Å²) in [7, 11) is 0. The van der Waals surface area contributed by atoms with Gasteiger partial charge in [-0.05, 0) is 93.1 Å². The van der Waals surface area contributed by atoms with Crippen LogP contribution in [0.4, 0.5) is 10.1 Å². The maximum atomic E-state index is 14.6. The van der Waals surface area contributed by atoms with Gasteiger partial charge in [-0.3, -0.25) is 19.5 Å². The summed E-state index contributed by atoms with van der Waals surface area (Å²) >= 11 is 6.55. The van der Waals surface area contributed by atoms with Gasteiger partial charge in [0.2, 0.25) is 5.91 Å². The molecule has 0 unspecified atom stereocenters. The summed E-state index contributed by atoms with van der Waals surface area (Å²) in [4.78, 5) is 38.4. The fourth-order valence-corrected chi connectivity index (χ4v) is 5.16. The lowest BCUT2D eigenvalue weighted by Gasteiger charge is -2.21. The molecular weight excluding hydrogens is 557 g/mol. The van der Waals surface area contributed by atoms with Crippen molar-refractivity contribution >= 4 is 29.1 Å². The molecule has 0 bridgehead atoms. The molecule has 4 aromatic rings. The Morgan fingerprint density at radius 1 is 1.05 bits per heavy atom. The van der Waals surface area contributed by atoms with Gasteiger partial charge >= 0.3 is 0 Å². The van der Waals surface area contributed by atoms with Gasteiger partial charge in [-0.2, -0.15) is 5.10 Å². The smallest absolute Gasteiger partial charge is 0.258 e. The van der Waals surface area contributed by atoms with Crippen LogP contribution < -0.4 is 16.2 Å². The number of carbonyl (C=O) groups excluding carboxylic acids is 2. The maximum absolute atomic E-state index is 14.6. The number of H-pyrrole nitrogens is 1. The van der Waals surface area contributed by atoms with Crippen molar-refractivity contribution in [3.05, 3.63) is 93.1 Å². The number of aromatic amines is 1. The molecule has 3 N–H and O–H groups in total. The monoisotopic (exact) mass is 589 g/mol. The van der Waals surface area contributed by atoms with Gasteiger partial charge in [-0.25, -0.2) is 4.39 Å². The molecule has 5 rings (SSSR count). The van der Waals surface area contributed by atoms with E-state index in [-0.39, 0.29) is 30.9 Å². The van der Waals surface area contributed by atoms with Gasteiger partial charge in [0.25, 0.3) is 11.5 Å². The average Bonchev–Trinajstić information content (AvgIpc) is 3.63. The van der Waals surface area contributed by atoms with Gasteiger partial charge in [-0.15, -0.1) is 0 Å². The number of benzene rings is 2. The fraction of sp³-hybridized carbons (Fsp3) is 0.312. The third-order valence-corrected chi connectivity index (χ3v) is 7.95. The average molecular weight is 590 g/mol. The molecule has 1 atom stereocenters. The van der Waals surface area contributed by atoms with Gasteiger partial charge in [0.1, 0.15) is 6.04 Å². The summed E-state index contributed by atoms with van der Waals surface area (Å²) in [6.45, 7) is 7.71. The summed E-state index contributed by atoms with van der Waals surface area (Å²) in [5.74, 6) is -1.30. The van der Waals surface area contributed by atoms with Crippen LogP contribution in [-0.2, 0) is 16.0 Å². The zero-order chi connectivity index (χ0) is 30.2. The Morgan fingerprint density at radius 2 is 1.71 bits per heavy atom. The molecule has 2 heterocycles. The van der Waals surface area contributed by atoms with Gasteiger partial charge in [0.15, 0.2) is 5.67 Å². The van der Waals surface area contributed by atoms with Gasteiger partial charge in [0, 0.05) is 46.7 Å². The number of hydrogen-bond donors (Lipinski definition) is 3. The number of nitrogens with one attached hydrogen (secondary N) is 3. The Bertz CT molecular complexity index is 1690. The second-order valence-corrected chi connectivity index (χ2v) is 11.5. The Kier molecular flexibility index (Phi) is 8.06. The highest BCUT2D eigenvalue weighted by Gasteiger charge is 2.51. The number of hydrogen-bond acceptors (Lipinski definition) is 4. The van der Waals surface area contributed by atoms with Gasteiger partial charge in [0.05, 0.1) is 5.69 Å². The van der Waals surface area contributed by atoms with Crippen LogP contribution in [-0.4, -0.2) is 38.3 Å². The van der Waals surface area contributed by atoms with E-state index >= 15 is 0 Å². The van der Waals surface area contributed by atoms with E-state index in [0.29, 0.717) is 16.3 Å². The third kappa shape index (κ3) is 6.16. The van der Waals surface area contributed by atoms with E-state index in [0.717, 1.165) is 33.6 Å². The molecule has 1 fully saturated rings. The summed E-state index contributed by atoms with van der Waals surface area (Å²) in [6, 6.07) is 14.8. The van der Waals surface area contributed by atoms with Crippen LogP contribution in [0.15, 0.2) is 65.6 Å². The van der Waals surface area contributed by atoms with Crippen LogP contribution in [0.3, 0.4) is 0 Å². The van der Waals surface area contributed by atoms with Crippen molar-refractivity contribution in [3.8, 4) is 22.3 Å². The number of nitrogens with zero attached hydrogens (tertiary/aromatic N) is 2. The van der Waals surface area contributed by atoms with E-state index < -0.39 is 23.5 Å². The number of anilines is 1.